The summed E-state index contributed by atoms with van der Waals surface area (Å²) in [5.41, 5.74) is 4.62. The topological polar surface area (TPSA) is 111 Å². The van der Waals surface area contributed by atoms with Crippen molar-refractivity contribution in [2.45, 2.75) is 12.7 Å². The molecule has 0 bridgehead atoms. The van der Waals surface area contributed by atoms with Crippen LogP contribution < -0.4 is 15.8 Å². The van der Waals surface area contributed by atoms with Crippen LogP contribution in [0, 0.1) is 0 Å². The van der Waals surface area contributed by atoms with Crippen LogP contribution in [0.15, 0.2) is 36.4 Å². The van der Waals surface area contributed by atoms with Gasteiger partial charge in [0, 0.05) is 31.0 Å². The molecule has 2 rings (SSSR count). The van der Waals surface area contributed by atoms with E-state index in [1.54, 1.807) is 0 Å². The summed E-state index contributed by atoms with van der Waals surface area (Å²) in [4.78, 5) is 15.5. The molecule has 1 aromatic heterocycles. The number of pyridine rings is 1. The second-order valence-electron chi connectivity index (χ2n) is 5.92. The number of halogens is 4. The lowest BCUT2D eigenvalue weighted by atomic mass is 10.2. The largest absolute Gasteiger partial charge is 0.439 e. The van der Waals surface area contributed by atoms with E-state index in [1.807, 2.05) is 0 Å². The highest BCUT2D eigenvalue weighted by molar-refractivity contribution is 7.90. The molecule has 29 heavy (non-hydrogen) atoms. The highest BCUT2D eigenvalue weighted by atomic mass is 35.5. The maximum absolute atomic E-state index is 12.9. The van der Waals surface area contributed by atoms with Crippen molar-refractivity contribution in [2.24, 2.45) is 5.73 Å². The first-order chi connectivity index (χ1) is 13.0. The lowest BCUT2D eigenvalue weighted by Crippen LogP contribution is -2.28. The first-order valence-corrected chi connectivity index (χ1v) is 10.1. The molecule has 0 aliphatic rings. The number of ether oxygens (including phenoxy) is 1. The standard InChI is InChI=1S/C17H18F3N3O4S.ClH/c1-28(25,26)6-5-22-16(24)12-3-2-4-13(9-12)27-15-8-11(10-21)7-14(23-15)17(18,19)20;/h2-4,7-9H,5-6,10,21H2,1H3,(H,22,24);1H. The summed E-state index contributed by atoms with van der Waals surface area (Å²) in [7, 11) is -3.22. The fraction of sp³-hybridized carbons (Fsp3) is 0.294. The van der Waals surface area contributed by atoms with Crippen LogP contribution in [0.3, 0.4) is 0 Å². The van der Waals surface area contributed by atoms with E-state index in [1.165, 1.54) is 30.3 Å². The van der Waals surface area contributed by atoms with E-state index in [0.717, 1.165) is 12.3 Å². The molecule has 0 saturated carbocycles. The quantitative estimate of drug-likeness (QED) is 0.666. The maximum atomic E-state index is 12.9. The van der Waals surface area contributed by atoms with Gasteiger partial charge in [-0.15, -0.1) is 12.4 Å². The van der Waals surface area contributed by atoms with Crippen LogP contribution in [0.25, 0.3) is 0 Å². The molecule has 0 spiro atoms. The Hall–Kier alpha value is -2.37. The molecule has 2 aromatic rings. The van der Waals surface area contributed by atoms with Gasteiger partial charge in [-0.25, -0.2) is 13.4 Å². The number of hydrogen-bond acceptors (Lipinski definition) is 6. The van der Waals surface area contributed by atoms with E-state index < -0.39 is 27.6 Å². The number of sulfone groups is 1. The zero-order valence-corrected chi connectivity index (χ0v) is 16.8. The minimum atomic E-state index is -4.66. The molecule has 0 atom stereocenters. The first kappa shape index (κ1) is 24.7. The Morgan fingerprint density at radius 1 is 1.24 bits per heavy atom. The van der Waals surface area contributed by atoms with E-state index in [9.17, 15) is 26.4 Å². The highest BCUT2D eigenvalue weighted by Crippen LogP contribution is 2.31. The Bertz CT molecular complexity index is 969. The van der Waals surface area contributed by atoms with Gasteiger partial charge in [-0.1, -0.05) is 6.07 Å². The number of amides is 1. The predicted octanol–water partition coefficient (Wildman–Crippen LogP) is 2.55. The number of aromatic nitrogens is 1. The fourth-order valence-corrected chi connectivity index (χ4v) is 2.62. The van der Waals surface area contributed by atoms with Crippen LogP contribution in [0.1, 0.15) is 21.6 Å². The average Bonchev–Trinajstić information content (AvgIpc) is 2.59. The molecule has 1 aromatic carbocycles. The molecule has 3 N–H and O–H groups in total. The van der Waals surface area contributed by atoms with Gasteiger partial charge in [0.25, 0.3) is 5.91 Å². The van der Waals surface area contributed by atoms with Gasteiger partial charge < -0.3 is 15.8 Å². The molecular weight excluding hydrogens is 435 g/mol. The second kappa shape index (κ2) is 9.90. The SMILES string of the molecule is CS(=O)(=O)CCNC(=O)c1cccc(Oc2cc(CN)cc(C(F)(F)F)n2)c1.Cl. The van der Waals surface area contributed by atoms with E-state index in [-0.39, 0.29) is 54.0 Å². The molecule has 160 valence electrons. The number of nitrogens with two attached hydrogens (primary N) is 1. The lowest BCUT2D eigenvalue weighted by molar-refractivity contribution is -0.141. The Balaban J connectivity index is 0.00000420. The molecule has 0 aliphatic carbocycles. The van der Waals surface area contributed by atoms with E-state index >= 15 is 0 Å². The number of carbonyl (C=O) groups excluding carboxylic acids is 1. The summed E-state index contributed by atoms with van der Waals surface area (Å²) in [6.45, 7) is -0.206. The third-order valence-electron chi connectivity index (χ3n) is 3.46. The van der Waals surface area contributed by atoms with Crippen LogP contribution in [-0.4, -0.2) is 37.9 Å². The van der Waals surface area contributed by atoms with Crippen molar-refractivity contribution in [3.05, 3.63) is 53.2 Å². The Labute approximate surface area is 171 Å². The van der Waals surface area contributed by atoms with Gasteiger partial charge in [0.15, 0.2) is 0 Å². The summed E-state index contributed by atoms with van der Waals surface area (Å²) in [5, 5.41) is 2.44. The first-order valence-electron chi connectivity index (χ1n) is 8.00. The molecule has 0 fully saturated rings. The van der Waals surface area contributed by atoms with Crippen molar-refractivity contribution in [2.75, 3.05) is 18.6 Å². The average molecular weight is 454 g/mol. The van der Waals surface area contributed by atoms with Crippen LogP contribution in [-0.2, 0) is 22.6 Å². The fourth-order valence-electron chi connectivity index (χ4n) is 2.15. The number of rotatable bonds is 7. The Kier molecular flexibility index (Phi) is 8.42. The zero-order valence-electron chi connectivity index (χ0n) is 15.2. The molecule has 12 heteroatoms. The number of carbonyl (C=O) groups is 1. The molecular formula is C17H19ClF3N3O4S. The van der Waals surface area contributed by atoms with Crippen LogP contribution in [0.4, 0.5) is 13.2 Å². The molecule has 7 nitrogen and oxygen atoms in total. The molecule has 0 radical (unpaired) electrons. The van der Waals surface area contributed by atoms with Gasteiger partial charge in [-0.2, -0.15) is 13.2 Å². The van der Waals surface area contributed by atoms with E-state index in [4.69, 9.17) is 10.5 Å². The van der Waals surface area contributed by atoms with Crippen LogP contribution >= 0.6 is 12.4 Å². The Morgan fingerprint density at radius 3 is 2.52 bits per heavy atom. The Morgan fingerprint density at radius 2 is 1.93 bits per heavy atom. The van der Waals surface area contributed by atoms with Crippen LogP contribution in [0.5, 0.6) is 11.6 Å². The summed E-state index contributed by atoms with van der Waals surface area (Å²) in [5.74, 6) is -0.991. The maximum Gasteiger partial charge on any atom is 0.433 e. The second-order valence-corrected chi connectivity index (χ2v) is 8.18. The highest BCUT2D eigenvalue weighted by Gasteiger charge is 2.33. The van der Waals surface area contributed by atoms with Gasteiger partial charge in [0.1, 0.15) is 21.3 Å². The van der Waals surface area contributed by atoms with E-state index in [2.05, 4.69) is 10.3 Å². The van der Waals surface area contributed by atoms with Gasteiger partial charge in [-0.05, 0) is 29.8 Å². The van der Waals surface area contributed by atoms with Gasteiger partial charge >= 0.3 is 6.18 Å². The van der Waals surface area contributed by atoms with Crippen molar-refractivity contribution >= 4 is 28.2 Å². The third-order valence-corrected chi connectivity index (χ3v) is 4.41. The summed E-state index contributed by atoms with van der Waals surface area (Å²) < 4.78 is 66.4. The van der Waals surface area contributed by atoms with Crippen molar-refractivity contribution in [1.82, 2.24) is 10.3 Å². The lowest BCUT2D eigenvalue weighted by Gasteiger charge is -2.12. The van der Waals surface area contributed by atoms with E-state index in [0.29, 0.717) is 0 Å². The summed E-state index contributed by atoms with van der Waals surface area (Å²) in [6.07, 6.45) is -3.62. The molecule has 0 aliphatic heterocycles. The van der Waals surface area contributed by atoms with Crippen molar-refractivity contribution in [1.29, 1.82) is 0 Å². The number of nitrogens with one attached hydrogen (secondary N) is 1. The number of hydrogen-bond donors (Lipinski definition) is 2. The molecule has 0 saturated heterocycles. The van der Waals surface area contributed by atoms with Crippen molar-refractivity contribution in [3.63, 3.8) is 0 Å². The number of benzene rings is 1. The predicted molar refractivity (Wildman–Crippen MR) is 103 cm³/mol. The van der Waals surface area contributed by atoms with Gasteiger partial charge in [0.2, 0.25) is 5.88 Å². The molecule has 1 heterocycles. The number of nitrogens with zero attached hydrogens (tertiary/aromatic N) is 1. The van der Waals surface area contributed by atoms with Crippen molar-refractivity contribution < 1.29 is 31.1 Å². The zero-order chi connectivity index (χ0) is 20.9. The summed E-state index contributed by atoms with van der Waals surface area (Å²) >= 11 is 0. The number of alkyl halides is 3. The van der Waals surface area contributed by atoms with Crippen LogP contribution in [0.2, 0.25) is 0 Å². The minimum Gasteiger partial charge on any atom is -0.439 e. The third kappa shape index (κ3) is 7.87. The smallest absolute Gasteiger partial charge is 0.433 e. The minimum absolute atomic E-state index is 0. The summed E-state index contributed by atoms with van der Waals surface area (Å²) in [6, 6.07) is 7.77. The molecule has 1 amide bonds. The monoisotopic (exact) mass is 453 g/mol. The molecule has 0 unspecified atom stereocenters. The van der Waals surface area contributed by atoms with Gasteiger partial charge in [0.05, 0.1) is 5.75 Å². The normalized spacial score (nSPS) is 11.5. The van der Waals surface area contributed by atoms with Gasteiger partial charge in [-0.3, -0.25) is 4.79 Å². The van der Waals surface area contributed by atoms with Crippen molar-refractivity contribution in [3.8, 4) is 11.6 Å².